The van der Waals surface area contributed by atoms with Crippen molar-refractivity contribution in [3.8, 4) is 0 Å². The van der Waals surface area contributed by atoms with Crippen molar-refractivity contribution >= 4 is 22.4 Å². The van der Waals surface area contributed by atoms with E-state index < -0.39 is 0 Å². The lowest BCUT2D eigenvalue weighted by molar-refractivity contribution is 0.0520. The van der Waals surface area contributed by atoms with Gasteiger partial charge in [-0.1, -0.05) is 6.92 Å². The van der Waals surface area contributed by atoms with Crippen molar-refractivity contribution in [2.24, 2.45) is 5.92 Å². The van der Waals surface area contributed by atoms with Crippen LogP contribution in [0.15, 0.2) is 5.38 Å². The second-order valence-electron chi connectivity index (χ2n) is 4.08. The van der Waals surface area contributed by atoms with Gasteiger partial charge in [0.2, 0.25) is 0 Å². The Bertz CT molecular complexity index is 378. The highest BCUT2D eigenvalue weighted by molar-refractivity contribution is 7.13. The van der Waals surface area contributed by atoms with E-state index in [1.54, 1.807) is 12.3 Å². The first-order valence-electron chi connectivity index (χ1n) is 5.58. The first-order chi connectivity index (χ1) is 7.70. The van der Waals surface area contributed by atoms with Gasteiger partial charge in [-0.25, -0.2) is 9.78 Å². The van der Waals surface area contributed by atoms with Gasteiger partial charge in [0.1, 0.15) is 0 Å². The zero-order chi connectivity index (χ0) is 11.5. The maximum Gasteiger partial charge on any atom is 0.357 e. The summed E-state index contributed by atoms with van der Waals surface area (Å²) < 4.78 is 4.91. The van der Waals surface area contributed by atoms with Gasteiger partial charge in [0.05, 0.1) is 6.61 Å². The summed E-state index contributed by atoms with van der Waals surface area (Å²) in [5.41, 5.74) is 0.432. The first-order valence-corrected chi connectivity index (χ1v) is 6.46. The van der Waals surface area contributed by atoms with Gasteiger partial charge in [0, 0.05) is 18.5 Å². The van der Waals surface area contributed by atoms with E-state index in [-0.39, 0.29) is 5.97 Å². The Morgan fingerprint density at radius 1 is 1.75 bits per heavy atom. The lowest BCUT2D eigenvalue weighted by atomic mass is 10.2. The molecule has 1 fully saturated rings. The Morgan fingerprint density at radius 2 is 2.56 bits per heavy atom. The van der Waals surface area contributed by atoms with Crippen LogP contribution in [-0.2, 0) is 4.74 Å². The smallest absolute Gasteiger partial charge is 0.357 e. The van der Waals surface area contributed by atoms with Crippen molar-refractivity contribution in [2.45, 2.75) is 20.3 Å². The number of hydrogen-bond acceptors (Lipinski definition) is 5. The average Bonchev–Trinajstić information content (AvgIpc) is 2.85. The number of aromatic nitrogens is 1. The fourth-order valence-electron chi connectivity index (χ4n) is 1.82. The van der Waals surface area contributed by atoms with Crippen molar-refractivity contribution in [3.63, 3.8) is 0 Å². The molecule has 1 aliphatic rings. The van der Waals surface area contributed by atoms with Crippen LogP contribution in [-0.4, -0.2) is 30.6 Å². The summed E-state index contributed by atoms with van der Waals surface area (Å²) >= 11 is 1.52. The minimum Gasteiger partial charge on any atom is -0.461 e. The van der Waals surface area contributed by atoms with Crippen molar-refractivity contribution in [1.29, 1.82) is 0 Å². The van der Waals surface area contributed by atoms with E-state index in [2.05, 4.69) is 16.8 Å². The third-order valence-corrected chi connectivity index (χ3v) is 3.57. The molecule has 1 aliphatic heterocycles. The predicted octanol–water partition coefficient (Wildman–Crippen LogP) is 2.17. The SMILES string of the molecule is CCOC(=O)c1csc(N2CCC(C)C2)n1. The van der Waals surface area contributed by atoms with Gasteiger partial charge in [-0.15, -0.1) is 11.3 Å². The molecule has 5 heteroatoms. The summed E-state index contributed by atoms with van der Waals surface area (Å²) in [6, 6.07) is 0. The Morgan fingerprint density at radius 3 is 3.19 bits per heavy atom. The number of carbonyl (C=O) groups excluding carboxylic acids is 1. The standard InChI is InChI=1S/C11H16N2O2S/c1-3-15-10(14)9-7-16-11(12-9)13-5-4-8(2)6-13/h7-8H,3-6H2,1-2H3. The monoisotopic (exact) mass is 240 g/mol. The average molecular weight is 240 g/mol. The summed E-state index contributed by atoms with van der Waals surface area (Å²) in [6.45, 7) is 6.51. The fraction of sp³-hybridized carbons (Fsp3) is 0.636. The number of rotatable bonds is 3. The van der Waals surface area contributed by atoms with Gasteiger partial charge in [0.15, 0.2) is 10.8 Å². The maximum absolute atomic E-state index is 11.4. The van der Waals surface area contributed by atoms with Crippen molar-refractivity contribution < 1.29 is 9.53 Å². The van der Waals surface area contributed by atoms with E-state index >= 15 is 0 Å². The van der Waals surface area contributed by atoms with E-state index in [1.165, 1.54) is 17.8 Å². The lowest BCUT2D eigenvalue weighted by Crippen LogP contribution is -2.19. The largest absolute Gasteiger partial charge is 0.461 e. The molecule has 0 spiro atoms. The van der Waals surface area contributed by atoms with E-state index in [0.29, 0.717) is 12.3 Å². The molecule has 88 valence electrons. The van der Waals surface area contributed by atoms with Gasteiger partial charge in [-0.3, -0.25) is 0 Å². The Hall–Kier alpha value is -1.10. The quantitative estimate of drug-likeness (QED) is 0.759. The van der Waals surface area contributed by atoms with Crippen molar-refractivity contribution in [2.75, 3.05) is 24.6 Å². The molecule has 2 rings (SSSR count). The zero-order valence-corrected chi connectivity index (χ0v) is 10.4. The molecule has 0 bridgehead atoms. The summed E-state index contributed by atoms with van der Waals surface area (Å²) in [7, 11) is 0. The summed E-state index contributed by atoms with van der Waals surface area (Å²) in [5.74, 6) is 0.396. The summed E-state index contributed by atoms with van der Waals surface area (Å²) in [6.07, 6.45) is 1.20. The first kappa shape index (κ1) is 11.4. The van der Waals surface area contributed by atoms with Gasteiger partial charge in [-0.05, 0) is 19.3 Å². The molecule has 0 saturated carbocycles. The van der Waals surface area contributed by atoms with Crippen LogP contribution in [0, 0.1) is 5.92 Å². The summed E-state index contributed by atoms with van der Waals surface area (Å²) in [4.78, 5) is 18.0. The van der Waals surface area contributed by atoms with Crippen molar-refractivity contribution in [3.05, 3.63) is 11.1 Å². The number of esters is 1. The highest BCUT2D eigenvalue weighted by Crippen LogP contribution is 2.26. The Balaban J connectivity index is 2.04. The molecule has 0 amide bonds. The number of anilines is 1. The number of ether oxygens (including phenoxy) is 1. The van der Waals surface area contributed by atoms with E-state index in [9.17, 15) is 4.79 Å². The molecule has 1 aromatic heterocycles. The Kier molecular flexibility index (Phi) is 3.43. The highest BCUT2D eigenvalue weighted by Gasteiger charge is 2.22. The molecule has 1 aromatic rings. The minimum absolute atomic E-state index is 0.322. The van der Waals surface area contributed by atoms with E-state index in [1.807, 2.05) is 0 Å². The summed E-state index contributed by atoms with van der Waals surface area (Å²) in [5, 5.41) is 2.71. The van der Waals surface area contributed by atoms with E-state index in [0.717, 1.165) is 24.1 Å². The molecule has 1 unspecified atom stereocenters. The second-order valence-corrected chi connectivity index (χ2v) is 4.91. The van der Waals surface area contributed by atoms with Gasteiger partial charge in [0.25, 0.3) is 0 Å². The number of nitrogens with zero attached hydrogens (tertiary/aromatic N) is 2. The topological polar surface area (TPSA) is 42.4 Å². The number of hydrogen-bond donors (Lipinski definition) is 0. The normalized spacial score (nSPS) is 20.1. The lowest BCUT2D eigenvalue weighted by Gasteiger charge is -2.13. The van der Waals surface area contributed by atoms with Crippen LogP contribution in [0.2, 0.25) is 0 Å². The van der Waals surface area contributed by atoms with Crippen LogP contribution in [0.5, 0.6) is 0 Å². The molecular formula is C11H16N2O2S. The van der Waals surface area contributed by atoms with Gasteiger partial charge >= 0.3 is 5.97 Å². The maximum atomic E-state index is 11.4. The molecule has 0 aliphatic carbocycles. The van der Waals surface area contributed by atoms with Gasteiger partial charge < -0.3 is 9.64 Å². The fourth-order valence-corrected chi connectivity index (χ4v) is 2.65. The number of carbonyl (C=O) groups is 1. The highest BCUT2D eigenvalue weighted by atomic mass is 32.1. The molecular weight excluding hydrogens is 224 g/mol. The minimum atomic E-state index is -0.322. The molecule has 0 aromatic carbocycles. The number of thiazole rings is 1. The Labute approximate surface area is 99.2 Å². The van der Waals surface area contributed by atoms with Crippen LogP contribution in [0.4, 0.5) is 5.13 Å². The third kappa shape index (κ3) is 2.35. The molecule has 1 atom stereocenters. The van der Waals surface area contributed by atoms with Crippen LogP contribution < -0.4 is 4.90 Å². The van der Waals surface area contributed by atoms with Crippen LogP contribution >= 0.6 is 11.3 Å². The van der Waals surface area contributed by atoms with Crippen LogP contribution in [0.25, 0.3) is 0 Å². The van der Waals surface area contributed by atoms with E-state index in [4.69, 9.17) is 4.74 Å². The predicted molar refractivity (Wildman–Crippen MR) is 64.1 cm³/mol. The third-order valence-electron chi connectivity index (χ3n) is 2.67. The van der Waals surface area contributed by atoms with Crippen LogP contribution in [0.1, 0.15) is 30.8 Å². The molecule has 0 N–H and O–H groups in total. The molecule has 4 nitrogen and oxygen atoms in total. The molecule has 1 saturated heterocycles. The second kappa shape index (κ2) is 4.82. The molecule has 0 radical (unpaired) electrons. The zero-order valence-electron chi connectivity index (χ0n) is 9.60. The van der Waals surface area contributed by atoms with Crippen LogP contribution in [0.3, 0.4) is 0 Å². The van der Waals surface area contributed by atoms with Crippen molar-refractivity contribution in [1.82, 2.24) is 4.98 Å². The molecule has 16 heavy (non-hydrogen) atoms. The molecule has 2 heterocycles. The van der Waals surface area contributed by atoms with Gasteiger partial charge in [-0.2, -0.15) is 0 Å².